The Morgan fingerprint density at radius 1 is 1.14 bits per heavy atom. The Balaban J connectivity index is 1.89. The van der Waals surface area contributed by atoms with Gasteiger partial charge in [-0.15, -0.1) is 0 Å². The van der Waals surface area contributed by atoms with Crippen LogP contribution in [0.4, 0.5) is 0 Å². The van der Waals surface area contributed by atoms with Crippen LogP contribution in [0, 0.1) is 5.41 Å². The highest BCUT2D eigenvalue weighted by molar-refractivity contribution is 7.85. The van der Waals surface area contributed by atoms with Crippen LogP contribution in [0.1, 0.15) is 29.5 Å². The van der Waals surface area contributed by atoms with Crippen LogP contribution in [0.15, 0.2) is 54.6 Å². The molecular formula is C22H24O6S. The van der Waals surface area contributed by atoms with Gasteiger partial charge in [-0.3, -0.25) is 8.98 Å². The zero-order valence-corrected chi connectivity index (χ0v) is 17.3. The molecule has 1 aliphatic heterocycles. The Morgan fingerprint density at radius 3 is 2.52 bits per heavy atom. The van der Waals surface area contributed by atoms with Gasteiger partial charge in [0.15, 0.2) is 0 Å². The van der Waals surface area contributed by atoms with Crippen molar-refractivity contribution in [1.82, 2.24) is 0 Å². The maximum absolute atomic E-state index is 13.2. The highest BCUT2D eigenvalue weighted by Gasteiger charge is 2.67. The first-order valence-electron chi connectivity index (χ1n) is 9.57. The van der Waals surface area contributed by atoms with Crippen LogP contribution in [0.5, 0.6) is 0 Å². The molecule has 0 N–H and O–H groups in total. The van der Waals surface area contributed by atoms with Gasteiger partial charge >= 0.3 is 5.97 Å². The van der Waals surface area contributed by atoms with E-state index in [-0.39, 0.29) is 12.6 Å². The fourth-order valence-electron chi connectivity index (χ4n) is 4.89. The minimum atomic E-state index is -3.60. The molecule has 0 aromatic heterocycles. The van der Waals surface area contributed by atoms with Crippen LogP contribution in [0.3, 0.4) is 0 Å². The number of methoxy groups -OCH3 is 1. The molecule has 0 saturated carbocycles. The van der Waals surface area contributed by atoms with E-state index in [9.17, 15) is 13.2 Å². The fourth-order valence-corrected chi connectivity index (χ4v) is 5.28. The zero-order chi connectivity index (χ0) is 20.7. The van der Waals surface area contributed by atoms with Crippen molar-refractivity contribution in [2.24, 2.45) is 5.41 Å². The number of hydrogen-bond acceptors (Lipinski definition) is 6. The number of rotatable bonds is 5. The molecular weight excluding hydrogens is 392 g/mol. The van der Waals surface area contributed by atoms with E-state index in [0.717, 1.165) is 22.9 Å². The van der Waals surface area contributed by atoms with Gasteiger partial charge in [0, 0.05) is 0 Å². The maximum Gasteiger partial charge on any atom is 0.315 e. The lowest BCUT2D eigenvalue weighted by Crippen LogP contribution is -2.57. The molecule has 0 bridgehead atoms. The fraction of sp³-hybridized carbons (Fsp3) is 0.409. The largest absolute Gasteiger partial charge is 0.468 e. The molecule has 2 aromatic carbocycles. The van der Waals surface area contributed by atoms with Crippen LogP contribution < -0.4 is 0 Å². The molecule has 1 heterocycles. The highest BCUT2D eigenvalue weighted by atomic mass is 32.2. The van der Waals surface area contributed by atoms with E-state index in [4.69, 9.17) is 13.7 Å². The van der Waals surface area contributed by atoms with E-state index in [1.165, 1.54) is 7.11 Å². The van der Waals surface area contributed by atoms with Gasteiger partial charge in [0.1, 0.15) is 11.0 Å². The molecule has 154 valence electrons. The monoisotopic (exact) mass is 416 g/mol. The van der Waals surface area contributed by atoms with Gasteiger partial charge in [-0.1, -0.05) is 54.6 Å². The number of carbonyl (C=O) groups is 1. The van der Waals surface area contributed by atoms with E-state index < -0.39 is 27.2 Å². The van der Waals surface area contributed by atoms with Crippen molar-refractivity contribution in [3.8, 4) is 0 Å². The first-order chi connectivity index (χ1) is 13.8. The number of benzene rings is 2. The molecule has 0 amide bonds. The number of fused-ring (bicyclic) bond motifs is 3. The van der Waals surface area contributed by atoms with E-state index in [0.29, 0.717) is 19.3 Å². The van der Waals surface area contributed by atoms with Gasteiger partial charge in [-0.2, -0.15) is 8.42 Å². The minimum Gasteiger partial charge on any atom is -0.468 e. The van der Waals surface area contributed by atoms with Crippen molar-refractivity contribution >= 4 is 16.1 Å². The Kier molecular flexibility index (Phi) is 5.01. The average Bonchev–Trinajstić information content (AvgIpc) is 3.03. The summed E-state index contributed by atoms with van der Waals surface area (Å²) in [6, 6.07) is 17.5. The number of esters is 1. The van der Waals surface area contributed by atoms with Crippen molar-refractivity contribution in [3.05, 3.63) is 71.3 Å². The molecule has 0 spiro atoms. The van der Waals surface area contributed by atoms with Crippen molar-refractivity contribution < 1.29 is 26.9 Å². The smallest absolute Gasteiger partial charge is 0.315 e. The second-order valence-electron chi connectivity index (χ2n) is 7.72. The molecule has 3 atom stereocenters. The van der Waals surface area contributed by atoms with E-state index in [1.807, 2.05) is 54.6 Å². The molecule has 1 fully saturated rings. The summed E-state index contributed by atoms with van der Waals surface area (Å²) < 4.78 is 40.0. The molecule has 1 aliphatic carbocycles. The van der Waals surface area contributed by atoms with Crippen molar-refractivity contribution in [1.29, 1.82) is 0 Å². The Hall–Kier alpha value is -2.22. The third kappa shape index (κ3) is 3.17. The van der Waals surface area contributed by atoms with Gasteiger partial charge < -0.3 is 9.47 Å². The zero-order valence-electron chi connectivity index (χ0n) is 16.5. The predicted octanol–water partition coefficient (Wildman–Crippen LogP) is 2.80. The Bertz CT molecular complexity index is 1020. The molecule has 2 aromatic rings. The summed E-state index contributed by atoms with van der Waals surface area (Å²) in [7, 11) is -2.20. The van der Waals surface area contributed by atoms with Gasteiger partial charge in [-0.25, -0.2) is 0 Å². The quantitative estimate of drug-likeness (QED) is 0.551. The molecule has 1 saturated heterocycles. The van der Waals surface area contributed by atoms with Crippen LogP contribution in [0.25, 0.3) is 0 Å². The Morgan fingerprint density at radius 2 is 1.83 bits per heavy atom. The molecule has 29 heavy (non-hydrogen) atoms. The van der Waals surface area contributed by atoms with E-state index in [1.54, 1.807) is 0 Å². The lowest BCUT2D eigenvalue weighted by Gasteiger charge is -2.50. The van der Waals surface area contributed by atoms with Crippen molar-refractivity contribution in [2.45, 2.75) is 31.0 Å². The summed E-state index contributed by atoms with van der Waals surface area (Å²) in [4.78, 5) is 13.2. The molecule has 4 rings (SSSR count). The second kappa shape index (κ2) is 7.23. The molecule has 2 aliphatic rings. The maximum atomic E-state index is 13.2. The lowest BCUT2D eigenvalue weighted by atomic mass is 9.64. The van der Waals surface area contributed by atoms with Gasteiger partial charge in [0.2, 0.25) is 0 Å². The van der Waals surface area contributed by atoms with Gasteiger partial charge in [-0.05, 0) is 36.0 Å². The summed E-state index contributed by atoms with van der Waals surface area (Å²) in [5.74, 6) is -0.319. The molecule has 0 radical (unpaired) electrons. The third-order valence-electron chi connectivity index (χ3n) is 6.02. The van der Waals surface area contributed by atoms with E-state index >= 15 is 0 Å². The van der Waals surface area contributed by atoms with Crippen molar-refractivity contribution in [3.63, 3.8) is 0 Å². The number of ether oxygens (including phenoxy) is 2. The summed E-state index contributed by atoms with van der Waals surface area (Å²) >= 11 is 0. The highest BCUT2D eigenvalue weighted by Crippen LogP contribution is 2.62. The Labute approximate surface area is 170 Å². The first-order valence-corrected chi connectivity index (χ1v) is 11.4. The molecule has 7 heteroatoms. The van der Waals surface area contributed by atoms with Crippen LogP contribution in [0.2, 0.25) is 0 Å². The first kappa shape index (κ1) is 20.1. The summed E-state index contributed by atoms with van der Waals surface area (Å²) in [6.45, 7) is -0.0904. The minimum absolute atomic E-state index is 0.0904. The second-order valence-corrected chi connectivity index (χ2v) is 9.37. The lowest BCUT2D eigenvalue weighted by molar-refractivity contribution is -0.208. The van der Waals surface area contributed by atoms with Crippen LogP contribution in [-0.4, -0.2) is 40.5 Å². The van der Waals surface area contributed by atoms with Crippen LogP contribution in [-0.2, 0) is 40.6 Å². The predicted molar refractivity (Wildman–Crippen MR) is 107 cm³/mol. The molecule has 6 nitrogen and oxygen atoms in total. The summed E-state index contributed by atoms with van der Waals surface area (Å²) in [6.07, 6.45) is 2.04. The van der Waals surface area contributed by atoms with Crippen LogP contribution >= 0.6 is 0 Å². The van der Waals surface area contributed by atoms with Gasteiger partial charge in [0.05, 0.1) is 26.1 Å². The normalized spacial score (nSPS) is 28.4. The summed E-state index contributed by atoms with van der Waals surface area (Å²) in [5.41, 5.74) is 0.808. The van der Waals surface area contributed by atoms with Crippen molar-refractivity contribution in [2.75, 3.05) is 20.0 Å². The third-order valence-corrected chi connectivity index (χ3v) is 6.59. The SMILES string of the molecule is COC(=O)[C@@]12CC[C@H](COS(C)(=O)=O)O[C@]1(c1ccccc1)c1ccccc1C2. The molecule has 0 unspecified atom stereocenters. The van der Waals surface area contributed by atoms with E-state index in [2.05, 4.69) is 0 Å². The topological polar surface area (TPSA) is 78.9 Å². The average molecular weight is 416 g/mol. The standard InChI is InChI=1S/C22H24O6S/c1-26-20(23)21-13-12-18(15-27-29(2,24)25)28-22(21,17-9-4-3-5-10-17)19-11-7-6-8-16(19)14-21/h3-11,18H,12-15H2,1-2H3/t18-,21+,22-/m1/s1. The van der Waals surface area contributed by atoms with Gasteiger partial charge in [0.25, 0.3) is 10.1 Å². The number of hydrogen-bond donors (Lipinski definition) is 0. The number of carbonyl (C=O) groups excluding carboxylic acids is 1. The summed E-state index contributed by atoms with van der Waals surface area (Å²) in [5, 5.41) is 0.